The average Bonchev–Trinajstić information content (AvgIpc) is 2.96. The van der Waals surface area contributed by atoms with Gasteiger partial charge in [0.15, 0.2) is 0 Å². The van der Waals surface area contributed by atoms with Gasteiger partial charge in [-0.2, -0.15) is 0 Å². The van der Waals surface area contributed by atoms with Crippen molar-refractivity contribution in [1.29, 1.82) is 0 Å². The summed E-state index contributed by atoms with van der Waals surface area (Å²) in [5.74, 6) is 0. The van der Waals surface area contributed by atoms with Crippen LogP contribution in [0.25, 0.3) is 10.8 Å². The van der Waals surface area contributed by atoms with Crippen molar-refractivity contribution in [3.8, 4) is 0 Å². The van der Waals surface area contributed by atoms with Crippen LogP contribution in [-0.2, 0) is 12.8 Å². The number of fused-ring (bicyclic) bond motifs is 5. The van der Waals surface area contributed by atoms with Crippen LogP contribution in [0, 0.1) is 0 Å². The molecule has 2 heteroatoms. The molecule has 2 nitrogen and oxygen atoms in total. The first-order valence-corrected chi connectivity index (χ1v) is 5.56. The normalized spacial score (nSPS) is 15.8. The Labute approximate surface area is 93.4 Å². The fourth-order valence-electron chi connectivity index (χ4n) is 2.57. The van der Waals surface area contributed by atoms with Crippen LogP contribution in [-0.4, -0.2) is 12.4 Å². The predicted octanol–water partition coefficient (Wildman–Crippen LogP) is 3.36. The highest BCUT2D eigenvalue weighted by molar-refractivity contribution is 6.06. The number of aliphatic imine (C=N–C) groups is 2. The Balaban J connectivity index is 2.19. The van der Waals surface area contributed by atoms with Gasteiger partial charge in [-0.05, 0) is 11.1 Å². The van der Waals surface area contributed by atoms with E-state index >= 15 is 0 Å². The van der Waals surface area contributed by atoms with E-state index in [2.05, 4.69) is 34.3 Å². The van der Waals surface area contributed by atoms with E-state index in [-0.39, 0.29) is 0 Å². The van der Waals surface area contributed by atoms with Crippen LogP contribution >= 0.6 is 0 Å². The molecule has 0 radical (unpaired) electrons. The molecule has 0 fully saturated rings. The quantitative estimate of drug-likeness (QED) is 0.631. The highest BCUT2D eigenvalue weighted by Crippen LogP contribution is 2.40. The number of nitrogens with zero attached hydrogens (tertiary/aromatic N) is 2. The summed E-state index contributed by atoms with van der Waals surface area (Å²) < 4.78 is 0. The summed E-state index contributed by atoms with van der Waals surface area (Å²) in [6.07, 6.45) is 5.90. The Bertz CT molecular complexity index is 607. The van der Waals surface area contributed by atoms with Gasteiger partial charge in [0.25, 0.3) is 0 Å². The van der Waals surface area contributed by atoms with E-state index in [1.54, 1.807) is 0 Å². The van der Waals surface area contributed by atoms with Gasteiger partial charge in [-0.25, -0.2) is 0 Å². The maximum atomic E-state index is 4.48. The lowest BCUT2D eigenvalue weighted by Gasteiger charge is -2.07. The van der Waals surface area contributed by atoms with Crippen molar-refractivity contribution in [2.45, 2.75) is 12.8 Å². The second kappa shape index (κ2) is 2.79. The van der Waals surface area contributed by atoms with E-state index in [0.717, 1.165) is 24.2 Å². The minimum atomic E-state index is 0.964. The molecule has 2 aliphatic rings. The van der Waals surface area contributed by atoms with Gasteiger partial charge in [0.2, 0.25) is 0 Å². The van der Waals surface area contributed by atoms with Gasteiger partial charge >= 0.3 is 0 Å². The number of benzene rings is 2. The summed E-state index contributed by atoms with van der Waals surface area (Å²) in [6, 6.07) is 8.73. The Hall–Kier alpha value is -1.96. The molecule has 0 aromatic heterocycles. The monoisotopic (exact) mass is 206 g/mol. The second-order valence-corrected chi connectivity index (χ2v) is 4.27. The second-order valence-electron chi connectivity index (χ2n) is 4.27. The van der Waals surface area contributed by atoms with Crippen LogP contribution < -0.4 is 0 Å². The fourth-order valence-corrected chi connectivity index (χ4v) is 2.57. The molecule has 0 spiro atoms. The van der Waals surface area contributed by atoms with E-state index in [1.807, 2.05) is 12.4 Å². The highest BCUT2D eigenvalue weighted by Gasteiger charge is 2.15. The topological polar surface area (TPSA) is 24.7 Å². The Morgan fingerprint density at radius 3 is 1.69 bits per heavy atom. The molecule has 76 valence electrons. The lowest BCUT2D eigenvalue weighted by molar-refractivity contribution is 1.41. The number of rotatable bonds is 0. The lowest BCUT2D eigenvalue weighted by atomic mass is 10.00. The van der Waals surface area contributed by atoms with Crippen LogP contribution in [0.5, 0.6) is 0 Å². The Morgan fingerprint density at radius 2 is 1.19 bits per heavy atom. The van der Waals surface area contributed by atoms with Gasteiger partial charge in [-0.3, -0.25) is 9.98 Å². The Kier molecular flexibility index (Phi) is 1.43. The first-order chi connectivity index (χ1) is 7.93. The minimum Gasteiger partial charge on any atom is -0.260 e. The SMILES string of the molecule is C1=Nc2c(ccc3c4c(ccc23)CC=N4)C1. The van der Waals surface area contributed by atoms with Crippen LogP contribution in [0.2, 0.25) is 0 Å². The van der Waals surface area contributed by atoms with Crippen molar-refractivity contribution in [1.82, 2.24) is 0 Å². The number of hydrogen-bond acceptors (Lipinski definition) is 2. The molecule has 0 unspecified atom stereocenters. The van der Waals surface area contributed by atoms with Gasteiger partial charge < -0.3 is 0 Å². The molecular weight excluding hydrogens is 196 g/mol. The predicted molar refractivity (Wildman–Crippen MR) is 67.7 cm³/mol. The van der Waals surface area contributed by atoms with E-state index in [4.69, 9.17) is 0 Å². The molecule has 0 saturated carbocycles. The van der Waals surface area contributed by atoms with Crippen LogP contribution in [0.1, 0.15) is 11.1 Å². The van der Waals surface area contributed by atoms with E-state index in [9.17, 15) is 0 Å². The van der Waals surface area contributed by atoms with Gasteiger partial charge in [-0.1, -0.05) is 24.3 Å². The van der Waals surface area contributed by atoms with Crippen molar-refractivity contribution in [2.24, 2.45) is 9.98 Å². The van der Waals surface area contributed by atoms with E-state index in [1.165, 1.54) is 21.9 Å². The summed E-state index contributed by atoms with van der Waals surface area (Å²) in [4.78, 5) is 8.95. The van der Waals surface area contributed by atoms with Gasteiger partial charge in [0.1, 0.15) is 0 Å². The smallest absolute Gasteiger partial charge is 0.0740 e. The maximum absolute atomic E-state index is 4.48. The van der Waals surface area contributed by atoms with Gasteiger partial charge in [-0.15, -0.1) is 0 Å². The maximum Gasteiger partial charge on any atom is 0.0740 e. The van der Waals surface area contributed by atoms with E-state index in [0.29, 0.717) is 0 Å². The van der Waals surface area contributed by atoms with E-state index < -0.39 is 0 Å². The Morgan fingerprint density at radius 1 is 0.688 bits per heavy atom. The molecule has 0 bridgehead atoms. The summed E-state index contributed by atoms with van der Waals surface area (Å²) in [5, 5.41) is 2.48. The van der Waals surface area contributed by atoms with Crippen molar-refractivity contribution in [2.75, 3.05) is 0 Å². The molecule has 16 heavy (non-hydrogen) atoms. The van der Waals surface area contributed by atoms with Crippen molar-refractivity contribution < 1.29 is 0 Å². The van der Waals surface area contributed by atoms with Crippen molar-refractivity contribution >= 4 is 34.6 Å². The zero-order chi connectivity index (χ0) is 10.5. The molecule has 2 aromatic carbocycles. The third-order valence-electron chi connectivity index (χ3n) is 3.37. The average molecular weight is 206 g/mol. The van der Waals surface area contributed by atoms with Crippen LogP contribution in [0.3, 0.4) is 0 Å². The largest absolute Gasteiger partial charge is 0.260 e. The van der Waals surface area contributed by atoms with Crippen molar-refractivity contribution in [3.05, 3.63) is 35.4 Å². The minimum absolute atomic E-state index is 0.964. The third kappa shape index (κ3) is 0.915. The molecule has 0 saturated heterocycles. The molecule has 4 rings (SSSR count). The summed E-state index contributed by atoms with van der Waals surface area (Å²) in [7, 11) is 0. The zero-order valence-corrected chi connectivity index (χ0v) is 8.77. The molecule has 2 aromatic rings. The summed E-state index contributed by atoms with van der Waals surface area (Å²) in [5.41, 5.74) is 4.94. The fraction of sp³-hybridized carbons (Fsp3) is 0.143. The van der Waals surface area contributed by atoms with Gasteiger partial charge in [0.05, 0.1) is 11.4 Å². The molecule has 0 atom stereocenters. The third-order valence-corrected chi connectivity index (χ3v) is 3.37. The van der Waals surface area contributed by atoms with Crippen LogP contribution in [0.4, 0.5) is 11.4 Å². The van der Waals surface area contributed by atoms with Crippen LogP contribution in [0.15, 0.2) is 34.3 Å². The molecule has 2 heterocycles. The molecular formula is C14H10N2. The molecule has 2 aliphatic heterocycles. The molecule has 0 aliphatic carbocycles. The van der Waals surface area contributed by atoms with Gasteiger partial charge in [0, 0.05) is 36.0 Å². The highest BCUT2D eigenvalue weighted by atomic mass is 14.8. The zero-order valence-electron chi connectivity index (χ0n) is 8.77. The summed E-state index contributed by atoms with van der Waals surface area (Å²) >= 11 is 0. The lowest BCUT2D eigenvalue weighted by Crippen LogP contribution is -1.83. The first-order valence-electron chi connectivity index (χ1n) is 5.56. The summed E-state index contributed by atoms with van der Waals surface area (Å²) in [6.45, 7) is 0. The van der Waals surface area contributed by atoms with Crippen molar-refractivity contribution in [3.63, 3.8) is 0 Å². The standard InChI is InChI=1S/C14H10N2/c1-3-11-12(13-9(1)5-7-15-13)4-2-10-6-8-16-14(10)11/h1-4,7-8H,5-6H2. The molecule has 0 amide bonds. The first kappa shape index (κ1) is 8.22. The molecule has 0 N–H and O–H groups in total. The number of hydrogen-bond donors (Lipinski definition) is 0.